The van der Waals surface area contributed by atoms with Crippen LogP contribution < -0.4 is 0 Å². The molecule has 4 rings (SSSR count). The van der Waals surface area contributed by atoms with E-state index in [1.807, 2.05) is 79.0 Å². The maximum atomic E-state index is 4.27. The maximum absolute atomic E-state index is 4.27. The van der Waals surface area contributed by atoms with E-state index in [1.54, 1.807) is 6.20 Å². The third kappa shape index (κ3) is 5.10. The molecule has 0 spiro atoms. The Kier molecular flexibility index (Phi) is 6.07. The SMILES string of the molecule is Brc1cccc(-c2ccccn2)c1.c1ccc(-c2ccccn2)cc1. The fourth-order valence-electron chi connectivity index (χ4n) is 2.32. The van der Waals surface area contributed by atoms with E-state index in [4.69, 9.17) is 0 Å². The van der Waals surface area contributed by atoms with Crippen LogP contribution in [-0.2, 0) is 0 Å². The van der Waals surface area contributed by atoms with Gasteiger partial charge in [-0.2, -0.15) is 0 Å². The average Bonchev–Trinajstić information content (AvgIpc) is 2.71. The molecule has 0 saturated heterocycles. The normalized spacial score (nSPS) is 9.80. The zero-order valence-electron chi connectivity index (χ0n) is 13.6. The molecule has 4 aromatic rings. The predicted octanol–water partition coefficient (Wildman–Crippen LogP) is 6.26. The molecular formula is C22H17BrN2. The Morgan fingerprint density at radius 2 is 1.08 bits per heavy atom. The highest BCUT2D eigenvalue weighted by Gasteiger charge is 1.97. The Hall–Kier alpha value is -2.78. The Balaban J connectivity index is 0.000000146. The highest BCUT2D eigenvalue weighted by Crippen LogP contribution is 2.20. The van der Waals surface area contributed by atoms with Gasteiger partial charge in [-0.15, -0.1) is 0 Å². The van der Waals surface area contributed by atoms with Crippen LogP contribution in [0.1, 0.15) is 0 Å². The van der Waals surface area contributed by atoms with Crippen LogP contribution in [0.25, 0.3) is 22.5 Å². The van der Waals surface area contributed by atoms with Gasteiger partial charge in [-0.3, -0.25) is 9.97 Å². The van der Waals surface area contributed by atoms with Crippen molar-refractivity contribution in [3.63, 3.8) is 0 Å². The van der Waals surface area contributed by atoms with E-state index in [0.29, 0.717) is 0 Å². The molecule has 2 heterocycles. The second kappa shape index (κ2) is 8.90. The summed E-state index contributed by atoms with van der Waals surface area (Å²) in [6.07, 6.45) is 3.61. The molecule has 0 atom stereocenters. The first-order valence-electron chi connectivity index (χ1n) is 7.96. The van der Waals surface area contributed by atoms with E-state index >= 15 is 0 Å². The van der Waals surface area contributed by atoms with Gasteiger partial charge < -0.3 is 0 Å². The zero-order valence-corrected chi connectivity index (χ0v) is 15.2. The predicted molar refractivity (Wildman–Crippen MR) is 107 cm³/mol. The summed E-state index contributed by atoms with van der Waals surface area (Å²) >= 11 is 3.43. The lowest BCUT2D eigenvalue weighted by Gasteiger charge is -1.99. The molecule has 0 amide bonds. The molecule has 2 aromatic carbocycles. The summed E-state index contributed by atoms with van der Waals surface area (Å²) in [5.41, 5.74) is 4.33. The van der Waals surface area contributed by atoms with Gasteiger partial charge in [-0.1, -0.05) is 70.5 Å². The molecule has 2 nitrogen and oxygen atoms in total. The number of aromatic nitrogens is 2. The van der Waals surface area contributed by atoms with Crippen molar-refractivity contribution in [3.05, 3.63) is 108 Å². The van der Waals surface area contributed by atoms with E-state index in [0.717, 1.165) is 27.0 Å². The molecule has 0 radical (unpaired) electrons. The van der Waals surface area contributed by atoms with Gasteiger partial charge in [0.15, 0.2) is 0 Å². The molecule has 3 heteroatoms. The van der Waals surface area contributed by atoms with Gasteiger partial charge >= 0.3 is 0 Å². The fraction of sp³-hybridized carbons (Fsp3) is 0. The highest BCUT2D eigenvalue weighted by atomic mass is 79.9. The molecule has 122 valence electrons. The van der Waals surface area contributed by atoms with Crippen molar-refractivity contribution in [1.82, 2.24) is 9.97 Å². The van der Waals surface area contributed by atoms with Crippen molar-refractivity contribution in [3.8, 4) is 22.5 Å². The summed E-state index contributed by atoms with van der Waals surface area (Å²) in [5, 5.41) is 0. The number of hydrogen-bond donors (Lipinski definition) is 0. The standard InChI is InChI=1S/C11H8BrN.C11H9N/c12-10-5-3-4-9(8-10)11-6-1-2-7-13-11;1-2-6-10(7-3-1)11-8-4-5-9-12-11/h1-8H;1-9H. The summed E-state index contributed by atoms with van der Waals surface area (Å²) in [6.45, 7) is 0. The van der Waals surface area contributed by atoms with Crippen LogP contribution in [0.4, 0.5) is 0 Å². The smallest absolute Gasteiger partial charge is 0.0702 e. The van der Waals surface area contributed by atoms with Gasteiger partial charge in [0.1, 0.15) is 0 Å². The van der Waals surface area contributed by atoms with E-state index in [-0.39, 0.29) is 0 Å². The number of benzene rings is 2. The minimum absolute atomic E-state index is 1.00. The zero-order chi connectivity index (χ0) is 17.3. The Bertz CT molecular complexity index is 857. The molecule has 0 fully saturated rings. The Morgan fingerprint density at radius 3 is 1.64 bits per heavy atom. The molecule has 0 unspecified atom stereocenters. The van der Waals surface area contributed by atoms with Crippen LogP contribution in [0.2, 0.25) is 0 Å². The first kappa shape index (κ1) is 17.1. The van der Waals surface area contributed by atoms with Crippen LogP contribution in [-0.4, -0.2) is 9.97 Å². The second-order valence-electron chi connectivity index (χ2n) is 5.31. The van der Waals surface area contributed by atoms with Gasteiger partial charge in [0.2, 0.25) is 0 Å². The van der Waals surface area contributed by atoms with E-state index in [2.05, 4.69) is 44.1 Å². The number of halogens is 1. The van der Waals surface area contributed by atoms with Crippen LogP contribution in [0.3, 0.4) is 0 Å². The number of pyridine rings is 2. The third-order valence-corrected chi connectivity index (χ3v) is 4.01. The van der Waals surface area contributed by atoms with Crippen LogP contribution in [0.15, 0.2) is 108 Å². The third-order valence-electron chi connectivity index (χ3n) is 3.52. The van der Waals surface area contributed by atoms with Crippen molar-refractivity contribution < 1.29 is 0 Å². The topological polar surface area (TPSA) is 25.8 Å². The second-order valence-corrected chi connectivity index (χ2v) is 6.22. The minimum Gasteiger partial charge on any atom is -0.256 e. The monoisotopic (exact) mass is 388 g/mol. The van der Waals surface area contributed by atoms with Crippen molar-refractivity contribution >= 4 is 15.9 Å². The minimum atomic E-state index is 1.00. The van der Waals surface area contributed by atoms with Crippen molar-refractivity contribution in [2.45, 2.75) is 0 Å². The summed E-state index contributed by atoms with van der Waals surface area (Å²) in [7, 11) is 0. The van der Waals surface area contributed by atoms with E-state index in [1.165, 1.54) is 0 Å². The van der Waals surface area contributed by atoms with Gasteiger partial charge in [0.25, 0.3) is 0 Å². The molecule has 0 aliphatic rings. The summed E-state index contributed by atoms with van der Waals surface area (Å²) in [6, 6.07) is 30.1. The van der Waals surface area contributed by atoms with Crippen molar-refractivity contribution in [2.24, 2.45) is 0 Å². The summed E-state index contributed by atoms with van der Waals surface area (Å²) in [5.74, 6) is 0. The maximum Gasteiger partial charge on any atom is 0.0702 e. The lowest BCUT2D eigenvalue weighted by Crippen LogP contribution is -1.80. The van der Waals surface area contributed by atoms with Gasteiger partial charge in [-0.05, 0) is 36.4 Å². The largest absolute Gasteiger partial charge is 0.256 e. The summed E-state index contributed by atoms with van der Waals surface area (Å²) in [4.78, 5) is 8.52. The van der Waals surface area contributed by atoms with Crippen molar-refractivity contribution in [1.29, 1.82) is 0 Å². The molecule has 0 bridgehead atoms. The van der Waals surface area contributed by atoms with Gasteiger partial charge in [-0.25, -0.2) is 0 Å². The number of nitrogens with zero attached hydrogens (tertiary/aromatic N) is 2. The first-order chi connectivity index (χ1) is 12.3. The molecular weight excluding hydrogens is 372 g/mol. The fourth-order valence-corrected chi connectivity index (χ4v) is 2.72. The number of hydrogen-bond acceptors (Lipinski definition) is 2. The number of rotatable bonds is 2. The molecule has 0 saturated carbocycles. The van der Waals surface area contributed by atoms with Gasteiger partial charge in [0.05, 0.1) is 11.4 Å². The summed E-state index contributed by atoms with van der Waals surface area (Å²) < 4.78 is 1.08. The Morgan fingerprint density at radius 1 is 0.520 bits per heavy atom. The molecule has 0 aliphatic heterocycles. The van der Waals surface area contributed by atoms with Crippen LogP contribution in [0.5, 0.6) is 0 Å². The molecule has 25 heavy (non-hydrogen) atoms. The molecule has 2 aromatic heterocycles. The lowest BCUT2D eigenvalue weighted by atomic mass is 10.1. The Labute approximate surface area is 156 Å². The molecule has 0 N–H and O–H groups in total. The van der Waals surface area contributed by atoms with E-state index in [9.17, 15) is 0 Å². The quantitative estimate of drug-likeness (QED) is 0.404. The van der Waals surface area contributed by atoms with Gasteiger partial charge in [0, 0.05) is 28.0 Å². The van der Waals surface area contributed by atoms with Crippen molar-refractivity contribution in [2.75, 3.05) is 0 Å². The lowest BCUT2D eigenvalue weighted by molar-refractivity contribution is 1.32. The van der Waals surface area contributed by atoms with Crippen LogP contribution >= 0.6 is 15.9 Å². The molecule has 0 aliphatic carbocycles. The van der Waals surface area contributed by atoms with Crippen LogP contribution in [0, 0.1) is 0 Å². The average molecular weight is 389 g/mol. The highest BCUT2D eigenvalue weighted by molar-refractivity contribution is 9.10. The first-order valence-corrected chi connectivity index (χ1v) is 8.75. The van der Waals surface area contributed by atoms with E-state index < -0.39 is 0 Å².